The molecule has 0 heterocycles. The predicted octanol–water partition coefficient (Wildman–Crippen LogP) is 4.57. The molecule has 0 aromatic heterocycles. The highest BCUT2D eigenvalue weighted by Gasteiger charge is 2.05. The van der Waals surface area contributed by atoms with Crippen LogP contribution in [0.15, 0.2) is 54.6 Å². The van der Waals surface area contributed by atoms with E-state index in [0.29, 0.717) is 17.9 Å². The Kier molecular flexibility index (Phi) is 5.18. The van der Waals surface area contributed by atoms with Crippen LogP contribution in [-0.4, -0.2) is 5.97 Å². The summed E-state index contributed by atoms with van der Waals surface area (Å²) in [6, 6.07) is 16.6. The SMILES string of the molecule is CCCCC(=O)Oc1cccc(Oc2ccccc2)c1. The summed E-state index contributed by atoms with van der Waals surface area (Å²) in [5.74, 6) is 1.71. The summed E-state index contributed by atoms with van der Waals surface area (Å²) in [5.41, 5.74) is 0. The lowest BCUT2D eigenvalue weighted by atomic mass is 10.2. The molecule has 2 aromatic rings. The third-order valence-corrected chi connectivity index (χ3v) is 2.75. The molecule has 0 aliphatic heterocycles. The average molecular weight is 270 g/mol. The third kappa shape index (κ3) is 4.43. The largest absolute Gasteiger partial charge is 0.457 e. The van der Waals surface area contributed by atoms with E-state index >= 15 is 0 Å². The molecule has 0 unspecified atom stereocenters. The lowest BCUT2D eigenvalue weighted by molar-refractivity contribution is -0.134. The van der Waals surface area contributed by atoms with Crippen LogP contribution in [0.2, 0.25) is 0 Å². The van der Waals surface area contributed by atoms with Gasteiger partial charge in [-0.15, -0.1) is 0 Å². The minimum atomic E-state index is -0.205. The van der Waals surface area contributed by atoms with Gasteiger partial charge in [0.05, 0.1) is 0 Å². The third-order valence-electron chi connectivity index (χ3n) is 2.75. The van der Waals surface area contributed by atoms with Crippen molar-refractivity contribution in [1.29, 1.82) is 0 Å². The molecule has 20 heavy (non-hydrogen) atoms. The number of carbonyl (C=O) groups excluding carboxylic acids is 1. The Morgan fingerprint density at radius 2 is 1.65 bits per heavy atom. The number of hydrogen-bond acceptors (Lipinski definition) is 3. The second-order valence-corrected chi connectivity index (χ2v) is 4.47. The van der Waals surface area contributed by atoms with Crippen LogP contribution in [0.5, 0.6) is 17.2 Å². The second-order valence-electron chi connectivity index (χ2n) is 4.47. The zero-order valence-corrected chi connectivity index (χ0v) is 11.5. The molecule has 0 fully saturated rings. The lowest BCUT2D eigenvalue weighted by Gasteiger charge is -2.08. The zero-order valence-electron chi connectivity index (χ0n) is 11.5. The van der Waals surface area contributed by atoms with Crippen LogP contribution in [0.4, 0.5) is 0 Å². The standard InChI is InChI=1S/C17H18O3/c1-2-3-12-17(18)20-16-11-7-10-15(13-16)19-14-8-5-4-6-9-14/h4-11,13H,2-3,12H2,1H3. The molecule has 3 heteroatoms. The molecule has 0 aliphatic carbocycles. The summed E-state index contributed by atoms with van der Waals surface area (Å²) in [6.45, 7) is 2.04. The van der Waals surface area contributed by atoms with Crippen LogP contribution in [-0.2, 0) is 4.79 Å². The number of ether oxygens (including phenoxy) is 2. The summed E-state index contributed by atoms with van der Waals surface area (Å²) in [7, 11) is 0. The smallest absolute Gasteiger partial charge is 0.311 e. The second kappa shape index (κ2) is 7.34. The Morgan fingerprint density at radius 3 is 2.40 bits per heavy atom. The van der Waals surface area contributed by atoms with E-state index in [-0.39, 0.29) is 5.97 Å². The van der Waals surface area contributed by atoms with Gasteiger partial charge in [-0.1, -0.05) is 37.6 Å². The van der Waals surface area contributed by atoms with Gasteiger partial charge < -0.3 is 9.47 Å². The van der Waals surface area contributed by atoms with Gasteiger partial charge in [0.1, 0.15) is 17.2 Å². The Balaban J connectivity index is 1.99. The van der Waals surface area contributed by atoms with E-state index in [1.807, 2.05) is 43.3 Å². The maximum absolute atomic E-state index is 11.6. The zero-order chi connectivity index (χ0) is 14.2. The fraction of sp³-hybridized carbons (Fsp3) is 0.235. The van der Waals surface area contributed by atoms with E-state index in [2.05, 4.69) is 0 Å². The maximum atomic E-state index is 11.6. The Bertz CT molecular complexity index is 549. The summed E-state index contributed by atoms with van der Waals surface area (Å²) in [4.78, 5) is 11.6. The van der Waals surface area contributed by atoms with Crippen molar-refractivity contribution in [2.24, 2.45) is 0 Å². The Hall–Kier alpha value is -2.29. The van der Waals surface area contributed by atoms with Crippen molar-refractivity contribution in [2.75, 3.05) is 0 Å². The van der Waals surface area contributed by atoms with E-state index in [1.54, 1.807) is 18.2 Å². The Morgan fingerprint density at radius 1 is 0.950 bits per heavy atom. The van der Waals surface area contributed by atoms with Gasteiger partial charge in [-0.3, -0.25) is 4.79 Å². The molecule has 0 N–H and O–H groups in total. The fourth-order valence-corrected chi connectivity index (χ4v) is 1.73. The highest BCUT2D eigenvalue weighted by atomic mass is 16.5. The van der Waals surface area contributed by atoms with Gasteiger partial charge >= 0.3 is 5.97 Å². The molecule has 2 aromatic carbocycles. The minimum Gasteiger partial charge on any atom is -0.457 e. The number of carbonyl (C=O) groups is 1. The molecule has 3 nitrogen and oxygen atoms in total. The van der Waals surface area contributed by atoms with Crippen molar-refractivity contribution in [3.8, 4) is 17.2 Å². The van der Waals surface area contributed by atoms with Crippen LogP contribution >= 0.6 is 0 Å². The van der Waals surface area contributed by atoms with Gasteiger partial charge in [0, 0.05) is 12.5 Å². The number of unbranched alkanes of at least 4 members (excludes halogenated alkanes) is 1. The van der Waals surface area contributed by atoms with Crippen molar-refractivity contribution in [2.45, 2.75) is 26.2 Å². The van der Waals surface area contributed by atoms with Crippen LogP contribution < -0.4 is 9.47 Å². The van der Waals surface area contributed by atoms with Crippen molar-refractivity contribution < 1.29 is 14.3 Å². The van der Waals surface area contributed by atoms with Crippen LogP contribution in [0, 0.1) is 0 Å². The number of para-hydroxylation sites is 1. The van der Waals surface area contributed by atoms with Crippen molar-refractivity contribution in [1.82, 2.24) is 0 Å². The van der Waals surface area contributed by atoms with Gasteiger partial charge in [-0.05, 0) is 30.7 Å². The first-order valence-electron chi connectivity index (χ1n) is 6.81. The molecule has 0 bridgehead atoms. The molecule has 0 radical (unpaired) electrons. The van der Waals surface area contributed by atoms with E-state index < -0.39 is 0 Å². The number of rotatable bonds is 6. The molecular weight excluding hydrogens is 252 g/mol. The van der Waals surface area contributed by atoms with Crippen molar-refractivity contribution >= 4 is 5.97 Å². The predicted molar refractivity (Wildman–Crippen MR) is 78.1 cm³/mol. The molecule has 0 atom stereocenters. The highest BCUT2D eigenvalue weighted by Crippen LogP contribution is 2.25. The average Bonchev–Trinajstić information content (AvgIpc) is 2.46. The molecule has 104 valence electrons. The lowest BCUT2D eigenvalue weighted by Crippen LogP contribution is -2.07. The van der Waals surface area contributed by atoms with Gasteiger partial charge in [-0.25, -0.2) is 0 Å². The first kappa shape index (κ1) is 14.1. The molecule has 0 saturated heterocycles. The molecule has 0 amide bonds. The van der Waals surface area contributed by atoms with Crippen molar-refractivity contribution in [3.05, 3.63) is 54.6 Å². The first-order valence-corrected chi connectivity index (χ1v) is 6.81. The maximum Gasteiger partial charge on any atom is 0.311 e. The monoisotopic (exact) mass is 270 g/mol. The van der Waals surface area contributed by atoms with Gasteiger partial charge in [-0.2, -0.15) is 0 Å². The first-order chi connectivity index (χ1) is 9.78. The quantitative estimate of drug-likeness (QED) is 0.569. The van der Waals surface area contributed by atoms with Crippen LogP contribution in [0.3, 0.4) is 0 Å². The molecule has 2 rings (SSSR count). The Labute approximate surface area is 119 Å². The van der Waals surface area contributed by atoms with Crippen LogP contribution in [0.1, 0.15) is 26.2 Å². The minimum absolute atomic E-state index is 0.205. The van der Waals surface area contributed by atoms with E-state index in [9.17, 15) is 4.79 Å². The molecule has 0 spiro atoms. The van der Waals surface area contributed by atoms with E-state index in [1.165, 1.54) is 0 Å². The van der Waals surface area contributed by atoms with Gasteiger partial charge in [0.25, 0.3) is 0 Å². The van der Waals surface area contributed by atoms with E-state index in [4.69, 9.17) is 9.47 Å². The molecular formula is C17H18O3. The van der Waals surface area contributed by atoms with Gasteiger partial charge in [0.15, 0.2) is 0 Å². The fourth-order valence-electron chi connectivity index (χ4n) is 1.73. The number of esters is 1. The molecule has 0 aliphatic rings. The molecule has 0 saturated carbocycles. The van der Waals surface area contributed by atoms with Gasteiger partial charge in [0.2, 0.25) is 0 Å². The van der Waals surface area contributed by atoms with E-state index in [0.717, 1.165) is 18.6 Å². The number of benzene rings is 2. The normalized spacial score (nSPS) is 10.1. The summed E-state index contributed by atoms with van der Waals surface area (Å²) in [5, 5.41) is 0. The topological polar surface area (TPSA) is 35.5 Å². The summed E-state index contributed by atoms with van der Waals surface area (Å²) < 4.78 is 11.0. The van der Waals surface area contributed by atoms with Crippen molar-refractivity contribution in [3.63, 3.8) is 0 Å². The highest BCUT2D eigenvalue weighted by molar-refractivity contribution is 5.72. The summed E-state index contributed by atoms with van der Waals surface area (Å²) >= 11 is 0. The number of hydrogen-bond donors (Lipinski definition) is 0. The van der Waals surface area contributed by atoms with Crippen LogP contribution in [0.25, 0.3) is 0 Å². The summed E-state index contributed by atoms with van der Waals surface area (Å²) in [6.07, 6.45) is 2.27.